The van der Waals surface area contributed by atoms with Gasteiger partial charge in [0.05, 0.1) is 38.6 Å². The maximum absolute atomic E-state index is 11.8. The molecule has 72 heavy (non-hydrogen) atoms. The second-order valence-electron chi connectivity index (χ2n) is 24.0. The average Bonchev–Trinajstić information content (AvgIpc) is 3.82. The molecule has 4 saturated carbocycles. The molecule has 13 N–H and O–H groups in total. The van der Waals surface area contributed by atoms with Gasteiger partial charge in [0.15, 0.2) is 25.2 Å². The molecule has 6 saturated heterocycles. The van der Waals surface area contributed by atoms with E-state index in [9.17, 15) is 61.3 Å². The summed E-state index contributed by atoms with van der Waals surface area (Å²) in [6.07, 6.45) is -22.4. The van der Waals surface area contributed by atoms with Crippen molar-refractivity contribution in [2.45, 2.75) is 227 Å². The molecule has 0 unspecified atom stereocenters. The van der Waals surface area contributed by atoms with Gasteiger partial charge in [-0.05, 0) is 111 Å². The van der Waals surface area contributed by atoms with E-state index in [1.54, 1.807) is 0 Å². The largest absolute Gasteiger partial charge is 0.394 e. The molecule has 10 fully saturated rings. The fourth-order valence-electron chi connectivity index (χ4n) is 16.1. The second kappa shape index (κ2) is 21.1. The van der Waals surface area contributed by atoms with Gasteiger partial charge in [0.2, 0.25) is 0 Å². The summed E-state index contributed by atoms with van der Waals surface area (Å²) >= 11 is 0. The van der Waals surface area contributed by atoms with Gasteiger partial charge in [-0.1, -0.05) is 27.7 Å². The van der Waals surface area contributed by atoms with Crippen molar-refractivity contribution in [3.05, 3.63) is 0 Å². The lowest BCUT2D eigenvalue weighted by molar-refractivity contribution is -0.404. The van der Waals surface area contributed by atoms with Crippen LogP contribution in [0.15, 0.2) is 0 Å². The minimum atomic E-state index is -1.99. The molecule has 0 aromatic heterocycles. The zero-order valence-corrected chi connectivity index (χ0v) is 41.8. The molecule has 1 spiro atoms. The van der Waals surface area contributed by atoms with Crippen molar-refractivity contribution in [1.82, 2.24) is 5.32 Å². The van der Waals surface area contributed by atoms with Gasteiger partial charge < -0.3 is 104 Å². The Bertz CT molecular complexity index is 1830. The number of rotatable bonds is 11. The highest BCUT2D eigenvalue weighted by Crippen LogP contribution is 2.71. The van der Waals surface area contributed by atoms with Gasteiger partial charge in [-0.3, -0.25) is 5.32 Å². The standard InChI is InChI=1S/C50H83NO21/c1-20-7-12-50(51-15-20)21(2)32-28(72-50)14-26-24-6-5-22-13-23(8-10-48(22,3)25(24)9-11-49(26,32)4)65-45-40(63)37(60)41(31(18-54)68-45)69-47-43(71-46-39(62)36(59)34(57)29(16-52)66-46)42(35(58)30(17-53)67-47)70-44-38(61)33(56)27(55)19-64-44/h20-47,51-63H,5-19H2,1-4H3/t20-,21+,22+,23+,24-,25+,26+,27-,28+,29-,30-,31-,32+,33+,34-,35-,36+,37-,38-,39-,40-,41+,42+,43-,44+,45-,46+,47+,48+,49+,50+/m1/s1. The van der Waals surface area contributed by atoms with Crippen LogP contribution < -0.4 is 5.32 Å². The molecule has 0 aromatic carbocycles. The van der Waals surface area contributed by atoms with Crippen LogP contribution in [0, 0.1) is 52.3 Å². The minimum absolute atomic E-state index is 0.104. The molecule has 22 heteroatoms. The number of piperidine rings is 1. The first-order chi connectivity index (χ1) is 34.3. The van der Waals surface area contributed by atoms with Gasteiger partial charge in [-0.15, -0.1) is 0 Å². The van der Waals surface area contributed by atoms with Crippen molar-refractivity contribution in [1.29, 1.82) is 0 Å². The zero-order valence-electron chi connectivity index (χ0n) is 41.8. The highest BCUT2D eigenvalue weighted by molar-refractivity contribution is 5.16. The van der Waals surface area contributed by atoms with Gasteiger partial charge in [0.25, 0.3) is 0 Å². The number of hydrogen-bond acceptors (Lipinski definition) is 22. The Morgan fingerprint density at radius 1 is 0.542 bits per heavy atom. The quantitative estimate of drug-likeness (QED) is 0.0937. The van der Waals surface area contributed by atoms with E-state index in [-0.39, 0.29) is 28.8 Å². The first-order valence-electron chi connectivity index (χ1n) is 26.8. The Labute approximate surface area is 420 Å². The van der Waals surface area contributed by atoms with E-state index in [2.05, 4.69) is 33.0 Å². The summed E-state index contributed by atoms with van der Waals surface area (Å²) in [4.78, 5) is 0. The number of hydrogen-bond donors (Lipinski definition) is 13. The molecule has 0 bridgehead atoms. The topological polar surface area (TPSA) is 338 Å². The summed E-state index contributed by atoms with van der Waals surface area (Å²) in [6, 6.07) is 0. The number of aliphatic hydroxyl groups excluding tert-OH is 12. The second-order valence-corrected chi connectivity index (χ2v) is 24.0. The van der Waals surface area contributed by atoms with Gasteiger partial charge in [0.1, 0.15) is 97.3 Å². The van der Waals surface area contributed by atoms with Crippen molar-refractivity contribution >= 4 is 0 Å². The summed E-state index contributed by atoms with van der Waals surface area (Å²) in [5, 5.41) is 133. The molecule has 4 aliphatic carbocycles. The number of nitrogens with one attached hydrogen (secondary N) is 1. The van der Waals surface area contributed by atoms with Crippen LogP contribution in [-0.2, 0) is 42.6 Å². The number of aliphatic hydroxyl groups is 12. The summed E-state index contributed by atoms with van der Waals surface area (Å²) in [6.45, 7) is 7.84. The van der Waals surface area contributed by atoms with Gasteiger partial charge in [-0.2, -0.15) is 0 Å². The highest BCUT2D eigenvalue weighted by atomic mass is 16.8. The molecule has 0 aromatic rings. The molecule has 414 valence electrons. The van der Waals surface area contributed by atoms with Crippen LogP contribution in [-0.4, -0.2) is 229 Å². The molecular formula is C50H83NO21. The van der Waals surface area contributed by atoms with Crippen LogP contribution in [0.4, 0.5) is 0 Å². The van der Waals surface area contributed by atoms with Crippen LogP contribution in [0.3, 0.4) is 0 Å². The molecule has 10 rings (SSSR count). The molecule has 22 nitrogen and oxygen atoms in total. The third-order valence-electron chi connectivity index (χ3n) is 20.2. The summed E-state index contributed by atoms with van der Waals surface area (Å²) < 4.78 is 55.0. The number of ether oxygens (including phenoxy) is 9. The first kappa shape index (κ1) is 54.5. The van der Waals surface area contributed by atoms with E-state index < -0.39 is 143 Å². The molecule has 10 aliphatic rings. The Kier molecular flexibility index (Phi) is 15.9. The van der Waals surface area contributed by atoms with Gasteiger partial charge >= 0.3 is 0 Å². The summed E-state index contributed by atoms with van der Waals surface area (Å²) in [5.74, 6) is 3.87. The van der Waals surface area contributed by atoms with E-state index >= 15 is 0 Å². The smallest absolute Gasteiger partial charge is 0.187 e. The van der Waals surface area contributed by atoms with E-state index in [1.807, 2.05) is 0 Å². The van der Waals surface area contributed by atoms with E-state index in [1.165, 1.54) is 19.3 Å². The van der Waals surface area contributed by atoms with E-state index in [0.29, 0.717) is 47.8 Å². The zero-order chi connectivity index (χ0) is 51.3. The van der Waals surface area contributed by atoms with Crippen LogP contribution in [0.2, 0.25) is 0 Å². The van der Waals surface area contributed by atoms with Crippen molar-refractivity contribution in [2.75, 3.05) is 33.0 Å². The fourth-order valence-corrected chi connectivity index (χ4v) is 16.1. The molecule has 0 amide bonds. The van der Waals surface area contributed by atoms with Crippen LogP contribution in [0.5, 0.6) is 0 Å². The summed E-state index contributed by atoms with van der Waals surface area (Å²) in [5.41, 5.74) is 0.147. The summed E-state index contributed by atoms with van der Waals surface area (Å²) in [7, 11) is 0. The van der Waals surface area contributed by atoms with Crippen molar-refractivity contribution in [3.8, 4) is 0 Å². The van der Waals surface area contributed by atoms with Crippen LogP contribution in [0.1, 0.15) is 91.9 Å². The molecule has 0 radical (unpaired) electrons. The predicted octanol–water partition coefficient (Wildman–Crippen LogP) is -2.70. The maximum Gasteiger partial charge on any atom is 0.187 e. The van der Waals surface area contributed by atoms with Crippen LogP contribution >= 0.6 is 0 Å². The Balaban J connectivity index is 0.812. The van der Waals surface area contributed by atoms with Crippen LogP contribution in [0.25, 0.3) is 0 Å². The molecule has 6 aliphatic heterocycles. The lowest BCUT2D eigenvalue weighted by Crippen LogP contribution is -2.68. The Hall–Kier alpha value is -0.880. The third-order valence-corrected chi connectivity index (χ3v) is 20.2. The SMILES string of the molecule is C[C@@H]1CC[C@]2(NC1)O[C@H]1C[C@H]3[C@@H]4CC[C@H]5C[C@@H](O[C@@H]6O[C@H](CO)[C@H](O[C@@H]7O[C@H](CO)[C@@H](O)[C@H](O[C@@H]8OC[C@@H](O)[C@H](O)[C@H]8O)[C@H]7O[C@@H]7O[C@H](CO)[C@@H](O)[C@H](O)[C@H]7O)[C@H](O)[C@H]6O)CC[C@]5(C)[C@H]4CC[C@]3(C)[C@H]1[C@@H]2C. The predicted molar refractivity (Wildman–Crippen MR) is 244 cm³/mol. The van der Waals surface area contributed by atoms with E-state index in [4.69, 9.17) is 42.6 Å². The lowest BCUT2D eigenvalue weighted by Gasteiger charge is -2.61. The Morgan fingerprint density at radius 2 is 1.17 bits per heavy atom. The van der Waals surface area contributed by atoms with Crippen molar-refractivity contribution < 1.29 is 104 Å². The minimum Gasteiger partial charge on any atom is -0.394 e. The Morgan fingerprint density at radius 3 is 1.88 bits per heavy atom. The molecular weight excluding hydrogens is 951 g/mol. The first-order valence-corrected chi connectivity index (χ1v) is 26.8. The normalized spacial score (nSPS) is 57.8. The lowest BCUT2D eigenvalue weighted by atomic mass is 9.44. The number of fused-ring (bicyclic) bond motifs is 7. The highest BCUT2D eigenvalue weighted by Gasteiger charge is 2.69. The van der Waals surface area contributed by atoms with Crippen molar-refractivity contribution in [3.63, 3.8) is 0 Å². The van der Waals surface area contributed by atoms with Crippen molar-refractivity contribution in [2.24, 2.45) is 52.3 Å². The molecule has 6 heterocycles. The molecule has 31 atom stereocenters. The third kappa shape index (κ3) is 9.26. The fraction of sp³-hybridized carbons (Fsp3) is 1.00. The van der Waals surface area contributed by atoms with Gasteiger partial charge in [0, 0.05) is 12.5 Å². The maximum atomic E-state index is 11.8. The monoisotopic (exact) mass is 1030 g/mol. The van der Waals surface area contributed by atoms with E-state index in [0.717, 1.165) is 45.1 Å². The van der Waals surface area contributed by atoms with Gasteiger partial charge in [-0.25, -0.2) is 0 Å². The average molecular weight is 1030 g/mol.